The molecule has 0 saturated carbocycles. The van der Waals surface area contributed by atoms with Gasteiger partial charge in [-0.15, -0.1) is 0 Å². The molecule has 0 amide bonds. The molecule has 0 spiro atoms. The van der Waals surface area contributed by atoms with Gasteiger partial charge in [0.1, 0.15) is 17.3 Å². The molecule has 1 aromatic carbocycles. The van der Waals surface area contributed by atoms with E-state index in [1.54, 1.807) is 24.7 Å². The Hall–Kier alpha value is -2.33. The van der Waals surface area contributed by atoms with Gasteiger partial charge in [-0.25, -0.2) is 4.39 Å². The van der Waals surface area contributed by atoms with Crippen molar-refractivity contribution < 1.29 is 13.2 Å². The second kappa shape index (κ2) is 6.41. The van der Waals surface area contributed by atoms with Gasteiger partial charge in [0, 0.05) is 6.54 Å². The van der Waals surface area contributed by atoms with E-state index in [1.165, 1.54) is 6.07 Å². The van der Waals surface area contributed by atoms with E-state index in [1.807, 2.05) is 30.3 Å². The van der Waals surface area contributed by atoms with Gasteiger partial charge in [-0.3, -0.25) is 4.90 Å². The summed E-state index contributed by atoms with van der Waals surface area (Å²) in [7, 11) is 0. The number of halogens is 1. The first-order chi connectivity index (χ1) is 10.3. The van der Waals surface area contributed by atoms with Crippen LogP contribution in [0.1, 0.15) is 17.1 Å². The minimum absolute atomic E-state index is 0.219. The summed E-state index contributed by atoms with van der Waals surface area (Å²) in [6.07, 6.45) is 3.31. The van der Waals surface area contributed by atoms with Crippen molar-refractivity contribution in [3.63, 3.8) is 0 Å². The molecular formula is C17H16FNO2. The van der Waals surface area contributed by atoms with E-state index in [0.29, 0.717) is 19.6 Å². The molecule has 0 saturated heterocycles. The molecule has 0 atom stereocenters. The van der Waals surface area contributed by atoms with Crippen LogP contribution in [0.3, 0.4) is 0 Å². The molecule has 3 nitrogen and oxygen atoms in total. The van der Waals surface area contributed by atoms with Crippen LogP contribution in [0.2, 0.25) is 0 Å². The zero-order valence-corrected chi connectivity index (χ0v) is 11.5. The predicted octanol–water partition coefficient (Wildman–Crippen LogP) is 4.21. The van der Waals surface area contributed by atoms with Crippen molar-refractivity contribution in [2.75, 3.05) is 0 Å². The molecule has 0 fully saturated rings. The van der Waals surface area contributed by atoms with E-state index < -0.39 is 0 Å². The van der Waals surface area contributed by atoms with Gasteiger partial charge in [-0.05, 0) is 42.0 Å². The minimum Gasteiger partial charge on any atom is -0.468 e. The van der Waals surface area contributed by atoms with Crippen molar-refractivity contribution in [1.29, 1.82) is 0 Å². The molecule has 108 valence electrons. The van der Waals surface area contributed by atoms with E-state index in [0.717, 1.165) is 17.1 Å². The van der Waals surface area contributed by atoms with Crippen molar-refractivity contribution in [1.82, 2.24) is 4.90 Å². The second-order valence-electron chi connectivity index (χ2n) is 4.93. The molecule has 2 heterocycles. The smallest absolute Gasteiger partial charge is 0.123 e. The summed E-state index contributed by atoms with van der Waals surface area (Å²) in [4.78, 5) is 2.15. The van der Waals surface area contributed by atoms with Gasteiger partial charge < -0.3 is 8.83 Å². The van der Waals surface area contributed by atoms with Crippen LogP contribution in [-0.4, -0.2) is 4.90 Å². The first-order valence-electron chi connectivity index (χ1n) is 6.81. The van der Waals surface area contributed by atoms with Crippen molar-refractivity contribution in [3.05, 3.63) is 84.0 Å². The molecule has 4 heteroatoms. The summed E-state index contributed by atoms with van der Waals surface area (Å²) in [6.45, 7) is 1.91. The second-order valence-corrected chi connectivity index (χ2v) is 4.93. The third-order valence-electron chi connectivity index (χ3n) is 3.21. The third kappa shape index (κ3) is 3.83. The normalized spacial score (nSPS) is 11.1. The standard InChI is InChI=1S/C17H16FNO2/c18-15-5-1-4-14(10-15)11-19(12-16-6-2-8-20-16)13-17-7-3-9-21-17/h1-10H,11-13H2. The first-order valence-corrected chi connectivity index (χ1v) is 6.81. The monoisotopic (exact) mass is 285 g/mol. The Morgan fingerprint density at radius 3 is 2.00 bits per heavy atom. The molecule has 21 heavy (non-hydrogen) atoms. The van der Waals surface area contributed by atoms with Crippen LogP contribution in [0.15, 0.2) is 69.9 Å². The quantitative estimate of drug-likeness (QED) is 0.679. The number of furan rings is 2. The van der Waals surface area contributed by atoms with E-state index in [9.17, 15) is 4.39 Å². The van der Waals surface area contributed by atoms with Gasteiger partial charge in [-0.2, -0.15) is 0 Å². The van der Waals surface area contributed by atoms with Gasteiger partial charge in [0.05, 0.1) is 25.6 Å². The summed E-state index contributed by atoms with van der Waals surface area (Å²) in [5.74, 6) is 1.53. The molecule has 0 bridgehead atoms. The maximum absolute atomic E-state index is 13.3. The minimum atomic E-state index is -0.219. The van der Waals surface area contributed by atoms with Crippen LogP contribution < -0.4 is 0 Å². The van der Waals surface area contributed by atoms with E-state index in [-0.39, 0.29) is 5.82 Å². The fraction of sp³-hybridized carbons (Fsp3) is 0.176. The number of hydrogen-bond acceptors (Lipinski definition) is 3. The van der Waals surface area contributed by atoms with Gasteiger partial charge in [0.15, 0.2) is 0 Å². The number of nitrogens with zero attached hydrogens (tertiary/aromatic N) is 1. The van der Waals surface area contributed by atoms with Gasteiger partial charge >= 0.3 is 0 Å². The molecule has 3 aromatic rings. The van der Waals surface area contributed by atoms with Crippen molar-refractivity contribution in [3.8, 4) is 0 Å². The van der Waals surface area contributed by atoms with Crippen LogP contribution >= 0.6 is 0 Å². The van der Waals surface area contributed by atoms with Crippen molar-refractivity contribution in [2.45, 2.75) is 19.6 Å². The summed E-state index contributed by atoms with van der Waals surface area (Å²) >= 11 is 0. The van der Waals surface area contributed by atoms with Gasteiger partial charge in [0.25, 0.3) is 0 Å². The fourth-order valence-electron chi connectivity index (χ4n) is 2.31. The highest BCUT2D eigenvalue weighted by Crippen LogP contribution is 2.15. The topological polar surface area (TPSA) is 29.5 Å². The lowest BCUT2D eigenvalue weighted by atomic mass is 10.2. The molecule has 0 aliphatic heterocycles. The highest BCUT2D eigenvalue weighted by Gasteiger charge is 2.11. The Labute approximate surface area is 122 Å². The van der Waals surface area contributed by atoms with Crippen LogP contribution in [0.5, 0.6) is 0 Å². The lowest BCUT2D eigenvalue weighted by Crippen LogP contribution is -2.22. The van der Waals surface area contributed by atoms with E-state index >= 15 is 0 Å². The largest absolute Gasteiger partial charge is 0.468 e. The molecule has 0 radical (unpaired) electrons. The maximum atomic E-state index is 13.3. The Kier molecular flexibility index (Phi) is 4.17. The molecule has 3 rings (SSSR count). The Balaban J connectivity index is 1.74. The van der Waals surface area contributed by atoms with Crippen molar-refractivity contribution >= 4 is 0 Å². The Morgan fingerprint density at radius 1 is 0.810 bits per heavy atom. The molecular weight excluding hydrogens is 269 g/mol. The third-order valence-corrected chi connectivity index (χ3v) is 3.21. The molecule has 0 unspecified atom stereocenters. The van der Waals surface area contributed by atoms with Crippen LogP contribution in [-0.2, 0) is 19.6 Å². The summed E-state index contributed by atoms with van der Waals surface area (Å²) in [6, 6.07) is 14.2. The average Bonchev–Trinajstić information content (AvgIpc) is 3.12. The van der Waals surface area contributed by atoms with Crippen molar-refractivity contribution in [2.24, 2.45) is 0 Å². The predicted molar refractivity (Wildman–Crippen MR) is 76.8 cm³/mol. The molecule has 0 aliphatic carbocycles. The maximum Gasteiger partial charge on any atom is 0.123 e. The summed E-state index contributed by atoms with van der Waals surface area (Å²) in [5.41, 5.74) is 0.924. The Morgan fingerprint density at radius 2 is 1.48 bits per heavy atom. The highest BCUT2D eigenvalue weighted by atomic mass is 19.1. The van der Waals surface area contributed by atoms with E-state index in [2.05, 4.69) is 4.90 Å². The SMILES string of the molecule is Fc1cccc(CN(Cc2ccco2)Cc2ccco2)c1. The highest BCUT2D eigenvalue weighted by molar-refractivity contribution is 5.16. The number of benzene rings is 1. The van der Waals surface area contributed by atoms with Gasteiger partial charge in [0.2, 0.25) is 0 Å². The lowest BCUT2D eigenvalue weighted by Gasteiger charge is -2.20. The number of rotatable bonds is 6. The molecule has 2 aromatic heterocycles. The summed E-state index contributed by atoms with van der Waals surface area (Å²) < 4.78 is 24.1. The van der Waals surface area contributed by atoms with Crippen LogP contribution in [0, 0.1) is 5.82 Å². The first kappa shape index (κ1) is 13.6. The van der Waals surface area contributed by atoms with Crippen LogP contribution in [0.4, 0.5) is 4.39 Å². The molecule has 0 aliphatic rings. The molecule has 0 N–H and O–H groups in total. The van der Waals surface area contributed by atoms with Gasteiger partial charge in [-0.1, -0.05) is 12.1 Å². The zero-order valence-electron chi connectivity index (χ0n) is 11.5. The van der Waals surface area contributed by atoms with E-state index in [4.69, 9.17) is 8.83 Å². The fourth-order valence-corrected chi connectivity index (χ4v) is 2.31. The zero-order chi connectivity index (χ0) is 14.5. The van der Waals surface area contributed by atoms with Crippen LogP contribution in [0.25, 0.3) is 0 Å². The summed E-state index contributed by atoms with van der Waals surface area (Å²) in [5, 5.41) is 0. The number of hydrogen-bond donors (Lipinski definition) is 0. The Bertz CT molecular complexity index is 626. The lowest BCUT2D eigenvalue weighted by molar-refractivity contribution is 0.209. The average molecular weight is 285 g/mol.